The van der Waals surface area contributed by atoms with E-state index >= 15 is 0 Å². The average Bonchev–Trinajstić information content (AvgIpc) is 3.54. The van der Waals surface area contributed by atoms with Gasteiger partial charge in [-0.25, -0.2) is 21.6 Å². The van der Waals surface area contributed by atoms with Crippen molar-refractivity contribution in [1.82, 2.24) is 9.03 Å². The predicted octanol–water partition coefficient (Wildman–Crippen LogP) is 3.61. The van der Waals surface area contributed by atoms with Crippen LogP contribution in [0.3, 0.4) is 0 Å². The lowest BCUT2D eigenvalue weighted by atomic mass is 10.1. The van der Waals surface area contributed by atoms with E-state index in [1.807, 2.05) is 13.8 Å². The second-order valence-corrected chi connectivity index (χ2v) is 14.0. The summed E-state index contributed by atoms with van der Waals surface area (Å²) < 4.78 is 51.3. The summed E-state index contributed by atoms with van der Waals surface area (Å²) in [5.74, 6) is 0.441. The van der Waals surface area contributed by atoms with Crippen LogP contribution >= 0.6 is 0 Å². The van der Waals surface area contributed by atoms with E-state index in [9.17, 15) is 26.4 Å². The van der Waals surface area contributed by atoms with Crippen molar-refractivity contribution >= 4 is 43.2 Å². The highest BCUT2D eigenvalue weighted by Gasteiger charge is 2.32. The van der Waals surface area contributed by atoms with Gasteiger partial charge in [-0.15, -0.1) is 6.58 Å². The smallest absolute Gasteiger partial charge is 0.243 e. The number of amides is 2. The number of sulfonamides is 2. The molecule has 0 radical (unpaired) electrons. The highest BCUT2D eigenvalue weighted by molar-refractivity contribution is 7.89. The lowest BCUT2D eigenvalue weighted by molar-refractivity contribution is -0.121. The summed E-state index contributed by atoms with van der Waals surface area (Å²) in [6.07, 6.45) is 4.96. The second-order valence-electron chi connectivity index (χ2n) is 10.0. The summed E-state index contributed by atoms with van der Waals surface area (Å²) in [4.78, 5) is 28.2. The molecule has 2 fully saturated rings. The number of nitrogens with zero attached hydrogens (tertiary/aromatic N) is 3. The van der Waals surface area contributed by atoms with Gasteiger partial charge in [0.15, 0.2) is 0 Å². The third-order valence-electron chi connectivity index (χ3n) is 7.59. The zero-order chi connectivity index (χ0) is 30.4. The first-order valence-corrected chi connectivity index (χ1v) is 16.7. The molecule has 1 N–H and O–H groups in total. The van der Waals surface area contributed by atoms with Gasteiger partial charge in [0.25, 0.3) is 0 Å². The van der Waals surface area contributed by atoms with Crippen molar-refractivity contribution in [3.05, 3.63) is 61.2 Å². The van der Waals surface area contributed by atoms with Crippen LogP contribution in [0.5, 0.6) is 0 Å². The Balaban J connectivity index is 0.000000228. The Morgan fingerprint density at radius 1 is 0.829 bits per heavy atom. The zero-order valence-electron chi connectivity index (χ0n) is 24.1. The molecule has 0 spiro atoms. The van der Waals surface area contributed by atoms with E-state index in [0.717, 1.165) is 37.1 Å². The quantitative estimate of drug-likeness (QED) is 0.413. The van der Waals surface area contributed by atoms with Crippen molar-refractivity contribution < 1.29 is 26.4 Å². The summed E-state index contributed by atoms with van der Waals surface area (Å²) >= 11 is 0. The summed E-state index contributed by atoms with van der Waals surface area (Å²) in [6.45, 7) is 9.22. The second kappa shape index (κ2) is 13.7. The molecule has 0 aliphatic carbocycles. The number of carbonyl (C=O) groups excluding carboxylic acids is 2. The molecule has 4 rings (SSSR count). The van der Waals surface area contributed by atoms with Crippen LogP contribution in [-0.4, -0.2) is 66.7 Å². The zero-order valence-corrected chi connectivity index (χ0v) is 25.7. The van der Waals surface area contributed by atoms with Crippen LogP contribution in [0.25, 0.3) is 0 Å². The minimum Gasteiger partial charge on any atom is -0.312 e. The molecule has 2 aliphatic heterocycles. The maximum absolute atomic E-state index is 12.3. The number of benzene rings is 2. The molecule has 224 valence electrons. The van der Waals surface area contributed by atoms with Crippen LogP contribution in [-0.2, 0) is 29.6 Å². The van der Waals surface area contributed by atoms with Crippen LogP contribution < -0.4 is 14.5 Å². The third kappa shape index (κ3) is 7.24. The molecule has 2 heterocycles. The predicted molar refractivity (Wildman–Crippen MR) is 161 cm³/mol. The maximum Gasteiger partial charge on any atom is 0.243 e. The molecule has 10 nitrogen and oxygen atoms in total. The molecular weight excluding hydrogens is 564 g/mol. The van der Waals surface area contributed by atoms with Gasteiger partial charge in [-0.05, 0) is 81.3 Å². The lowest BCUT2D eigenvalue weighted by Gasteiger charge is -2.18. The Kier molecular flexibility index (Phi) is 10.9. The van der Waals surface area contributed by atoms with Crippen molar-refractivity contribution in [2.24, 2.45) is 11.8 Å². The first kappa shape index (κ1) is 32.5. The molecule has 12 heteroatoms. The van der Waals surface area contributed by atoms with Gasteiger partial charge < -0.3 is 9.80 Å². The van der Waals surface area contributed by atoms with Crippen molar-refractivity contribution in [1.29, 1.82) is 0 Å². The van der Waals surface area contributed by atoms with Crippen LogP contribution in [0, 0.1) is 11.8 Å². The van der Waals surface area contributed by atoms with Gasteiger partial charge in [-0.2, -0.15) is 4.31 Å². The summed E-state index contributed by atoms with van der Waals surface area (Å²) in [5, 5.41) is 0. The van der Waals surface area contributed by atoms with Crippen LogP contribution in [0.15, 0.2) is 71.0 Å². The Morgan fingerprint density at radius 3 is 1.59 bits per heavy atom. The molecule has 2 aromatic rings. The average molecular weight is 605 g/mol. The van der Waals surface area contributed by atoms with E-state index in [0.29, 0.717) is 13.1 Å². The molecule has 2 atom stereocenters. The molecule has 0 bridgehead atoms. The van der Waals surface area contributed by atoms with Gasteiger partial charge in [-0.1, -0.05) is 19.9 Å². The topological polar surface area (TPSA) is 124 Å². The molecule has 2 saturated heterocycles. The van der Waals surface area contributed by atoms with Gasteiger partial charge in [0, 0.05) is 49.9 Å². The van der Waals surface area contributed by atoms with E-state index in [2.05, 4.69) is 11.3 Å². The number of rotatable bonds is 10. The monoisotopic (exact) mass is 604 g/mol. The maximum atomic E-state index is 12.3. The SMILES string of the molecule is C=CCN(C)S(=O)(=O)c1ccc(N2CC[C@H](CC)C2=O)cc1.CC[C@H]1CCN(c2ccc(S(=O)(=O)NC)cc2)C1=O. The van der Waals surface area contributed by atoms with Gasteiger partial charge in [0.1, 0.15) is 0 Å². The van der Waals surface area contributed by atoms with Gasteiger partial charge in [-0.3, -0.25) is 9.59 Å². The number of likely N-dealkylation sites (N-methyl/N-ethyl adjacent to an activating group) is 1. The van der Waals surface area contributed by atoms with Gasteiger partial charge >= 0.3 is 0 Å². The van der Waals surface area contributed by atoms with Gasteiger partial charge in [0.05, 0.1) is 9.79 Å². The summed E-state index contributed by atoms with van der Waals surface area (Å²) in [6, 6.07) is 12.9. The molecular formula is C29H40N4O6S2. The molecule has 41 heavy (non-hydrogen) atoms. The first-order valence-electron chi connectivity index (χ1n) is 13.7. The minimum absolute atomic E-state index is 0.0853. The van der Waals surface area contributed by atoms with Crippen molar-refractivity contribution in [3.63, 3.8) is 0 Å². The highest BCUT2D eigenvalue weighted by Crippen LogP contribution is 2.29. The molecule has 0 unspecified atom stereocenters. The number of nitrogens with one attached hydrogen (secondary N) is 1. The lowest BCUT2D eigenvalue weighted by Crippen LogP contribution is -2.28. The number of hydrogen-bond acceptors (Lipinski definition) is 6. The molecule has 0 saturated carbocycles. The van der Waals surface area contributed by atoms with E-state index < -0.39 is 20.0 Å². The fourth-order valence-corrected chi connectivity index (χ4v) is 6.80. The molecule has 2 amide bonds. The standard InChI is InChI=1S/C16H22N2O3S.C13H18N2O3S/c1-4-11-17(3)22(20,21)15-8-6-14(7-9-15)18-12-10-13(5-2)16(18)19;1-3-10-8-9-15(13(10)16)11-4-6-12(7-5-11)19(17,18)14-2/h4,6-9,13H,1,5,10-12H2,2-3H3;4-7,10,14H,3,8-9H2,1-2H3/t13-;10-/m00/s1. The fraction of sp³-hybridized carbons (Fsp3) is 0.448. The van der Waals surface area contributed by atoms with E-state index in [4.69, 9.17) is 0 Å². The number of anilines is 2. The number of hydrogen-bond donors (Lipinski definition) is 1. The first-order chi connectivity index (χ1) is 19.4. The Bertz CT molecular complexity index is 1440. The highest BCUT2D eigenvalue weighted by atomic mass is 32.2. The largest absolute Gasteiger partial charge is 0.312 e. The Hall–Kier alpha value is -3.06. The van der Waals surface area contributed by atoms with Crippen molar-refractivity contribution in [2.45, 2.75) is 49.3 Å². The van der Waals surface area contributed by atoms with Crippen molar-refractivity contribution in [2.75, 3.05) is 43.5 Å². The Labute approximate surface area is 244 Å². The van der Waals surface area contributed by atoms with E-state index in [1.54, 1.807) is 52.3 Å². The van der Waals surface area contributed by atoms with Crippen LogP contribution in [0.1, 0.15) is 39.5 Å². The van der Waals surface area contributed by atoms with Crippen molar-refractivity contribution in [3.8, 4) is 0 Å². The normalized spacial score (nSPS) is 19.4. The fourth-order valence-electron chi connectivity index (χ4n) is 4.93. The van der Waals surface area contributed by atoms with Gasteiger partial charge in [0.2, 0.25) is 31.9 Å². The van der Waals surface area contributed by atoms with Crippen LogP contribution in [0.2, 0.25) is 0 Å². The minimum atomic E-state index is -3.51. The molecule has 2 aliphatic rings. The molecule has 0 aromatic heterocycles. The van der Waals surface area contributed by atoms with Crippen LogP contribution in [0.4, 0.5) is 11.4 Å². The summed E-state index contributed by atoms with van der Waals surface area (Å²) in [7, 11) is -4.04. The Morgan fingerprint density at radius 2 is 1.24 bits per heavy atom. The number of carbonyl (C=O) groups is 2. The molecule has 2 aromatic carbocycles. The summed E-state index contributed by atoms with van der Waals surface area (Å²) in [5.41, 5.74) is 1.52. The van der Waals surface area contributed by atoms with E-state index in [1.165, 1.54) is 30.5 Å². The third-order valence-corrected chi connectivity index (χ3v) is 10.9. The van der Waals surface area contributed by atoms with E-state index in [-0.39, 0.29) is 40.0 Å².